The van der Waals surface area contributed by atoms with Crippen LogP contribution in [0.1, 0.15) is 46.4 Å². The number of nitrogens with two attached hydrogens (primary N) is 1. The lowest BCUT2D eigenvalue weighted by Crippen LogP contribution is -2.53. The average molecular weight is 280 g/mol. The molecule has 1 rings (SSSR count). The van der Waals surface area contributed by atoms with E-state index in [1.54, 1.807) is 0 Å². The van der Waals surface area contributed by atoms with Crippen LogP contribution in [0.5, 0.6) is 0 Å². The molecular weight excluding hydrogens is 248 g/mol. The Hall–Kier alpha value is -0.870. The minimum Gasteiger partial charge on any atom is -0.337 e. The van der Waals surface area contributed by atoms with Crippen molar-refractivity contribution < 1.29 is 0 Å². The Morgan fingerprint density at radius 1 is 1.25 bits per heavy atom. The van der Waals surface area contributed by atoms with Gasteiger partial charge in [0.25, 0.3) is 0 Å². The first kappa shape index (κ1) is 17.2. The first-order valence-corrected chi connectivity index (χ1v) is 7.68. The lowest BCUT2D eigenvalue weighted by molar-refractivity contribution is 0.0684. The van der Waals surface area contributed by atoms with Crippen LogP contribution in [0.25, 0.3) is 0 Å². The fourth-order valence-corrected chi connectivity index (χ4v) is 3.17. The van der Waals surface area contributed by atoms with Gasteiger partial charge in [-0.05, 0) is 31.7 Å². The van der Waals surface area contributed by atoms with E-state index < -0.39 is 0 Å². The molecule has 0 amide bonds. The quantitative estimate of drug-likeness (QED) is 0.796. The van der Waals surface area contributed by atoms with Crippen molar-refractivity contribution in [1.82, 2.24) is 14.5 Å². The Morgan fingerprint density at radius 2 is 1.80 bits per heavy atom. The summed E-state index contributed by atoms with van der Waals surface area (Å²) in [5.41, 5.74) is 6.27. The van der Waals surface area contributed by atoms with Gasteiger partial charge in [0.05, 0.1) is 6.54 Å². The Labute approximate surface area is 124 Å². The molecule has 0 radical (unpaired) electrons. The highest BCUT2D eigenvalue weighted by atomic mass is 15.2. The molecule has 0 spiro atoms. The van der Waals surface area contributed by atoms with Crippen molar-refractivity contribution in [2.75, 3.05) is 13.6 Å². The molecule has 0 bridgehead atoms. The molecule has 0 aromatic carbocycles. The van der Waals surface area contributed by atoms with Crippen molar-refractivity contribution in [1.29, 1.82) is 0 Å². The minimum absolute atomic E-state index is 0.0638. The lowest BCUT2D eigenvalue weighted by atomic mass is 9.80. The lowest BCUT2D eigenvalue weighted by Gasteiger charge is -2.43. The smallest absolute Gasteiger partial charge is 0.122 e. The summed E-state index contributed by atoms with van der Waals surface area (Å²) < 4.78 is 2.09. The molecular formula is C16H32N4. The molecule has 1 heterocycles. The van der Waals surface area contributed by atoms with Gasteiger partial charge in [-0.25, -0.2) is 4.98 Å². The third-order valence-corrected chi connectivity index (χ3v) is 4.07. The van der Waals surface area contributed by atoms with E-state index in [1.807, 2.05) is 19.4 Å². The van der Waals surface area contributed by atoms with Crippen molar-refractivity contribution in [2.24, 2.45) is 24.6 Å². The van der Waals surface area contributed by atoms with E-state index in [-0.39, 0.29) is 5.54 Å². The van der Waals surface area contributed by atoms with Gasteiger partial charge in [-0.1, -0.05) is 27.7 Å². The molecule has 0 unspecified atom stereocenters. The number of hydrogen-bond donors (Lipinski definition) is 1. The second kappa shape index (κ2) is 7.23. The normalized spacial score (nSPS) is 12.9. The molecule has 0 aliphatic carbocycles. The molecule has 116 valence electrons. The van der Waals surface area contributed by atoms with Crippen LogP contribution in [0.15, 0.2) is 12.4 Å². The van der Waals surface area contributed by atoms with Crippen molar-refractivity contribution in [3.8, 4) is 0 Å². The molecule has 0 aliphatic rings. The fraction of sp³-hybridized carbons (Fsp3) is 0.812. The molecule has 0 saturated heterocycles. The van der Waals surface area contributed by atoms with Crippen LogP contribution >= 0.6 is 0 Å². The van der Waals surface area contributed by atoms with E-state index in [9.17, 15) is 0 Å². The van der Waals surface area contributed by atoms with Gasteiger partial charge in [0.1, 0.15) is 5.82 Å². The molecule has 4 heteroatoms. The average Bonchev–Trinajstić information content (AvgIpc) is 2.72. The summed E-state index contributed by atoms with van der Waals surface area (Å²) in [4.78, 5) is 6.85. The summed E-state index contributed by atoms with van der Waals surface area (Å²) in [6.45, 7) is 10.7. The van der Waals surface area contributed by atoms with Gasteiger partial charge in [-0.2, -0.15) is 0 Å². The molecule has 0 aliphatic heterocycles. The predicted octanol–water partition coefficient (Wildman–Crippen LogP) is 2.64. The van der Waals surface area contributed by atoms with Crippen LogP contribution in [-0.2, 0) is 13.6 Å². The van der Waals surface area contributed by atoms with Crippen LogP contribution in [0.4, 0.5) is 0 Å². The van der Waals surface area contributed by atoms with E-state index in [1.165, 1.54) is 0 Å². The second-order valence-electron chi connectivity index (χ2n) is 6.93. The molecule has 2 N–H and O–H groups in total. The zero-order valence-corrected chi connectivity index (χ0v) is 14.1. The third-order valence-electron chi connectivity index (χ3n) is 4.07. The SMILES string of the molecule is CC(C)CC(CN)(CC(C)C)N(C)Cc1nccn1C. The summed E-state index contributed by atoms with van der Waals surface area (Å²) in [6.07, 6.45) is 6.11. The standard InChI is InChI=1S/C16H32N4/c1-13(2)9-16(12-17,10-14(3)4)20(6)11-15-18-7-8-19(15)5/h7-8,13-14H,9-12,17H2,1-6H3. The summed E-state index contributed by atoms with van der Waals surface area (Å²) >= 11 is 0. The number of hydrogen-bond acceptors (Lipinski definition) is 3. The Balaban J connectivity index is 2.92. The Kier molecular flexibility index (Phi) is 6.21. The summed E-state index contributed by atoms with van der Waals surface area (Å²) in [5.74, 6) is 2.38. The number of aryl methyl sites for hydroxylation is 1. The van der Waals surface area contributed by atoms with Crippen molar-refractivity contribution in [3.05, 3.63) is 18.2 Å². The third kappa shape index (κ3) is 4.32. The summed E-state index contributed by atoms with van der Waals surface area (Å²) in [6, 6.07) is 0. The van der Waals surface area contributed by atoms with Gasteiger partial charge in [0.2, 0.25) is 0 Å². The van der Waals surface area contributed by atoms with Crippen molar-refractivity contribution >= 4 is 0 Å². The van der Waals surface area contributed by atoms with Gasteiger partial charge in [0.15, 0.2) is 0 Å². The molecule has 1 aromatic heterocycles. The Morgan fingerprint density at radius 3 is 2.15 bits per heavy atom. The van der Waals surface area contributed by atoms with Crippen LogP contribution in [0, 0.1) is 11.8 Å². The van der Waals surface area contributed by atoms with Crippen LogP contribution in [0.2, 0.25) is 0 Å². The van der Waals surface area contributed by atoms with E-state index in [0.29, 0.717) is 18.4 Å². The number of aromatic nitrogens is 2. The monoisotopic (exact) mass is 280 g/mol. The largest absolute Gasteiger partial charge is 0.337 e. The van der Waals surface area contributed by atoms with Crippen LogP contribution in [-0.4, -0.2) is 33.6 Å². The molecule has 0 atom stereocenters. The van der Waals surface area contributed by atoms with E-state index in [0.717, 1.165) is 25.2 Å². The number of rotatable bonds is 8. The zero-order chi connectivity index (χ0) is 15.3. The number of likely N-dealkylation sites (N-methyl/N-ethyl adjacent to an activating group) is 1. The highest BCUT2D eigenvalue weighted by Gasteiger charge is 2.35. The minimum atomic E-state index is 0.0638. The van der Waals surface area contributed by atoms with Crippen molar-refractivity contribution in [2.45, 2.75) is 52.6 Å². The van der Waals surface area contributed by atoms with E-state index in [4.69, 9.17) is 5.73 Å². The maximum absolute atomic E-state index is 6.20. The highest BCUT2D eigenvalue weighted by molar-refractivity contribution is 4.97. The van der Waals surface area contributed by atoms with Gasteiger partial charge in [-0.3, -0.25) is 4.90 Å². The number of nitrogens with zero attached hydrogens (tertiary/aromatic N) is 3. The van der Waals surface area contributed by atoms with Gasteiger partial charge < -0.3 is 10.3 Å². The fourth-order valence-electron chi connectivity index (χ4n) is 3.17. The zero-order valence-electron chi connectivity index (χ0n) is 14.1. The summed E-state index contributed by atoms with van der Waals surface area (Å²) in [7, 11) is 4.23. The molecule has 1 aromatic rings. The number of imidazole rings is 1. The molecule has 4 nitrogen and oxygen atoms in total. The maximum atomic E-state index is 6.20. The Bertz CT molecular complexity index is 385. The van der Waals surface area contributed by atoms with E-state index in [2.05, 4.69) is 49.2 Å². The van der Waals surface area contributed by atoms with Crippen LogP contribution < -0.4 is 5.73 Å². The molecule has 0 saturated carbocycles. The van der Waals surface area contributed by atoms with Gasteiger partial charge >= 0.3 is 0 Å². The van der Waals surface area contributed by atoms with E-state index >= 15 is 0 Å². The molecule has 0 fully saturated rings. The summed E-state index contributed by atoms with van der Waals surface area (Å²) in [5, 5.41) is 0. The highest BCUT2D eigenvalue weighted by Crippen LogP contribution is 2.30. The van der Waals surface area contributed by atoms with Crippen LogP contribution in [0.3, 0.4) is 0 Å². The maximum Gasteiger partial charge on any atom is 0.122 e. The topological polar surface area (TPSA) is 47.1 Å². The first-order chi connectivity index (χ1) is 9.30. The van der Waals surface area contributed by atoms with Gasteiger partial charge in [0, 0.05) is 31.5 Å². The molecule has 20 heavy (non-hydrogen) atoms. The van der Waals surface area contributed by atoms with Crippen molar-refractivity contribution in [3.63, 3.8) is 0 Å². The van der Waals surface area contributed by atoms with Gasteiger partial charge in [-0.15, -0.1) is 0 Å². The second-order valence-corrected chi connectivity index (χ2v) is 6.93. The predicted molar refractivity (Wildman–Crippen MR) is 85.4 cm³/mol. The first-order valence-electron chi connectivity index (χ1n) is 7.68.